The first-order valence-electron chi connectivity index (χ1n) is 6.42. The maximum atomic E-state index is 6.09. The second kappa shape index (κ2) is 5.74. The van der Waals surface area contributed by atoms with Crippen LogP contribution in [0.3, 0.4) is 0 Å². The van der Waals surface area contributed by atoms with E-state index in [0.717, 1.165) is 37.0 Å². The summed E-state index contributed by atoms with van der Waals surface area (Å²) in [7, 11) is 0. The summed E-state index contributed by atoms with van der Waals surface area (Å²) >= 11 is 6.09. The third-order valence-corrected chi connectivity index (χ3v) is 3.84. The lowest BCUT2D eigenvalue weighted by Gasteiger charge is -2.35. The van der Waals surface area contributed by atoms with Crippen molar-refractivity contribution < 1.29 is 0 Å². The lowest BCUT2D eigenvalue weighted by molar-refractivity contribution is 0.396. The molecule has 2 N–H and O–H groups in total. The van der Waals surface area contributed by atoms with Crippen molar-refractivity contribution in [2.24, 2.45) is 11.7 Å². The Morgan fingerprint density at radius 3 is 3.06 bits per heavy atom. The van der Waals surface area contributed by atoms with Crippen LogP contribution in [0.4, 0.5) is 5.69 Å². The predicted octanol–water partition coefficient (Wildman–Crippen LogP) is 3.21. The summed E-state index contributed by atoms with van der Waals surface area (Å²) in [5, 5.41) is 0.826. The van der Waals surface area contributed by atoms with Crippen molar-refractivity contribution in [2.45, 2.75) is 26.2 Å². The van der Waals surface area contributed by atoms with Gasteiger partial charge in [-0.1, -0.05) is 17.7 Å². The number of benzene rings is 1. The highest BCUT2D eigenvalue weighted by atomic mass is 35.5. The maximum absolute atomic E-state index is 6.09. The summed E-state index contributed by atoms with van der Waals surface area (Å²) in [6.45, 7) is 5.21. The minimum atomic E-state index is 0.743. The lowest BCUT2D eigenvalue weighted by atomic mass is 9.94. The molecule has 0 radical (unpaired) electrons. The molecule has 1 fully saturated rings. The molecule has 1 aromatic rings. The van der Waals surface area contributed by atoms with Crippen LogP contribution in [-0.2, 0) is 0 Å². The van der Waals surface area contributed by atoms with Crippen molar-refractivity contribution in [1.29, 1.82) is 0 Å². The molecule has 0 amide bonds. The second-order valence-electron chi connectivity index (χ2n) is 4.96. The van der Waals surface area contributed by atoms with E-state index in [1.165, 1.54) is 24.1 Å². The highest BCUT2D eigenvalue weighted by molar-refractivity contribution is 6.30. The normalized spacial score (nSPS) is 20.6. The van der Waals surface area contributed by atoms with Crippen LogP contribution in [0, 0.1) is 12.8 Å². The number of aryl methyl sites for hydroxylation is 1. The topological polar surface area (TPSA) is 29.3 Å². The number of nitrogens with two attached hydrogens (primary N) is 1. The lowest BCUT2D eigenvalue weighted by Crippen LogP contribution is -2.36. The van der Waals surface area contributed by atoms with Gasteiger partial charge in [0.05, 0.1) is 0 Å². The van der Waals surface area contributed by atoms with Crippen LogP contribution in [0.1, 0.15) is 24.8 Å². The van der Waals surface area contributed by atoms with E-state index < -0.39 is 0 Å². The molecule has 1 unspecified atom stereocenters. The van der Waals surface area contributed by atoms with E-state index in [0.29, 0.717) is 0 Å². The van der Waals surface area contributed by atoms with Crippen molar-refractivity contribution in [2.75, 3.05) is 24.5 Å². The van der Waals surface area contributed by atoms with Crippen LogP contribution in [0.25, 0.3) is 0 Å². The third kappa shape index (κ3) is 3.14. The molecule has 1 aliphatic heterocycles. The first-order chi connectivity index (χ1) is 8.20. The number of rotatable bonds is 3. The summed E-state index contributed by atoms with van der Waals surface area (Å²) < 4.78 is 0. The number of hydrogen-bond donors (Lipinski definition) is 1. The fourth-order valence-corrected chi connectivity index (χ4v) is 2.84. The molecule has 0 spiro atoms. The van der Waals surface area contributed by atoms with E-state index >= 15 is 0 Å². The number of halogens is 1. The molecule has 1 aromatic carbocycles. The molecule has 0 aliphatic carbocycles. The third-order valence-electron chi connectivity index (χ3n) is 3.61. The van der Waals surface area contributed by atoms with Gasteiger partial charge < -0.3 is 10.6 Å². The molecule has 1 saturated heterocycles. The van der Waals surface area contributed by atoms with Crippen molar-refractivity contribution >= 4 is 17.3 Å². The van der Waals surface area contributed by atoms with Gasteiger partial charge in [-0.05, 0) is 56.3 Å². The zero-order chi connectivity index (χ0) is 12.3. The summed E-state index contributed by atoms with van der Waals surface area (Å²) in [6.07, 6.45) is 3.71. The molecule has 2 nitrogen and oxygen atoms in total. The molecule has 1 heterocycles. The average molecular weight is 253 g/mol. The van der Waals surface area contributed by atoms with Crippen LogP contribution in [0.15, 0.2) is 18.2 Å². The van der Waals surface area contributed by atoms with E-state index in [2.05, 4.69) is 24.0 Å². The maximum Gasteiger partial charge on any atom is 0.0426 e. The highest BCUT2D eigenvalue weighted by Crippen LogP contribution is 2.29. The number of hydrogen-bond acceptors (Lipinski definition) is 2. The Kier molecular flexibility index (Phi) is 4.30. The second-order valence-corrected chi connectivity index (χ2v) is 5.40. The molecule has 1 aliphatic rings. The van der Waals surface area contributed by atoms with Crippen LogP contribution in [0.2, 0.25) is 5.02 Å². The summed E-state index contributed by atoms with van der Waals surface area (Å²) in [4.78, 5) is 2.46. The van der Waals surface area contributed by atoms with Gasteiger partial charge in [-0.3, -0.25) is 0 Å². The number of nitrogens with zero attached hydrogens (tertiary/aromatic N) is 1. The van der Waals surface area contributed by atoms with Gasteiger partial charge in [-0.25, -0.2) is 0 Å². The van der Waals surface area contributed by atoms with Gasteiger partial charge in [0.2, 0.25) is 0 Å². The Bertz CT molecular complexity index is 376. The quantitative estimate of drug-likeness (QED) is 0.895. The smallest absolute Gasteiger partial charge is 0.0426 e. The standard InChI is InChI=1S/C14H21ClN2/c1-11-4-5-13(15)9-14(11)17-8-2-3-12(10-17)6-7-16/h4-5,9,12H,2-3,6-8,10,16H2,1H3. The van der Waals surface area contributed by atoms with Crippen molar-refractivity contribution in [3.63, 3.8) is 0 Å². The molecular formula is C14H21ClN2. The number of piperidine rings is 1. The van der Waals surface area contributed by atoms with Gasteiger partial charge >= 0.3 is 0 Å². The monoisotopic (exact) mass is 252 g/mol. The zero-order valence-corrected chi connectivity index (χ0v) is 11.2. The number of anilines is 1. The molecule has 2 rings (SSSR count). The Labute approximate surface area is 109 Å². The largest absolute Gasteiger partial charge is 0.371 e. The Balaban J connectivity index is 2.13. The molecule has 0 saturated carbocycles. The first kappa shape index (κ1) is 12.7. The summed E-state index contributed by atoms with van der Waals surface area (Å²) in [5.41, 5.74) is 8.26. The Hall–Kier alpha value is -0.730. The molecular weight excluding hydrogens is 232 g/mol. The predicted molar refractivity (Wildman–Crippen MR) is 74.8 cm³/mol. The van der Waals surface area contributed by atoms with Gasteiger partial charge in [0, 0.05) is 23.8 Å². The SMILES string of the molecule is Cc1ccc(Cl)cc1N1CCCC(CCN)C1. The molecule has 0 bridgehead atoms. The molecule has 17 heavy (non-hydrogen) atoms. The molecule has 94 valence electrons. The van der Waals surface area contributed by atoms with Crippen LogP contribution in [0.5, 0.6) is 0 Å². The van der Waals surface area contributed by atoms with Gasteiger partial charge in [0.25, 0.3) is 0 Å². The zero-order valence-electron chi connectivity index (χ0n) is 10.5. The molecule has 0 aromatic heterocycles. The van der Waals surface area contributed by atoms with E-state index in [-0.39, 0.29) is 0 Å². The van der Waals surface area contributed by atoms with Crippen molar-refractivity contribution in [1.82, 2.24) is 0 Å². The van der Waals surface area contributed by atoms with Crippen LogP contribution >= 0.6 is 11.6 Å². The van der Waals surface area contributed by atoms with Gasteiger partial charge in [0.1, 0.15) is 0 Å². The van der Waals surface area contributed by atoms with E-state index in [1.807, 2.05) is 6.07 Å². The van der Waals surface area contributed by atoms with Crippen molar-refractivity contribution in [3.8, 4) is 0 Å². The Morgan fingerprint density at radius 1 is 1.47 bits per heavy atom. The van der Waals surface area contributed by atoms with E-state index in [4.69, 9.17) is 17.3 Å². The van der Waals surface area contributed by atoms with Crippen LogP contribution in [-0.4, -0.2) is 19.6 Å². The summed E-state index contributed by atoms with van der Waals surface area (Å²) in [5.74, 6) is 0.743. The van der Waals surface area contributed by atoms with E-state index in [9.17, 15) is 0 Å². The molecule has 3 heteroatoms. The minimum absolute atomic E-state index is 0.743. The van der Waals surface area contributed by atoms with E-state index in [1.54, 1.807) is 0 Å². The Morgan fingerprint density at radius 2 is 2.29 bits per heavy atom. The fourth-order valence-electron chi connectivity index (χ4n) is 2.68. The van der Waals surface area contributed by atoms with Crippen molar-refractivity contribution in [3.05, 3.63) is 28.8 Å². The summed E-state index contributed by atoms with van der Waals surface area (Å²) in [6, 6.07) is 6.15. The highest BCUT2D eigenvalue weighted by Gasteiger charge is 2.20. The average Bonchev–Trinajstić information content (AvgIpc) is 2.33. The van der Waals surface area contributed by atoms with Gasteiger partial charge in [-0.2, -0.15) is 0 Å². The van der Waals surface area contributed by atoms with Gasteiger partial charge in [-0.15, -0.1) is 0 Å². The first-order valence-corrected chi connectivity index (χ1v) is 6.79. The molecule has 1 atom stereocenters. The van der Waals surface area contributed by atoms with Crippen LogP contribution < -0.4 is 10.6 Å². The van der Waals surface area contributed by atoms with Gasteiger partial charge in [0.15, 0.2) is 0 Å². The minimum Gasteiger partial charge on any atom is -0.371 e. The fraction of sp³-hybridized carbons (Fsp3) is 0.571.